The van der Waals surface area contributed by atoms with E-state index in [2.05, 4.69) is 25.7 Å². The maximum absolute atomic E-state index is 11.3. The summed E-state index contributed by atoms with van der Waals surface area (Å²) in [6.07, 6.45) is 3.41. The molecule has 0 bridgehead atoms. The van der Waals surface area contributed by atoms with E-state index in [0.717, 1.165) is 11.3 Å². The fourth-order valence-electron chi connectivity index (χ4n) is 2.62. The number of aryl methyl sites for hydroxylation is 1. The molecule has 0 aromatic carbocycles. The van der Waals surface area contributed by atoms with E-state index in [-0.39, 0.29) is 5.91 Å². The fourth-order valence-corrected chi connectivity index (χ4v) is 2.62. The Morgan fingerprint density at radius 1 is 1.25 bits per heavy atom. The second kappa shape index (κ2) is 8.38. The molecule has 3 heterocycles. The number of methoxy groups -OCH3 is 1. The van der Waals surface area contributed by atoms with Crippen molar-refractivity contribution in [3.63, 3.8) is 0 Å². The fraction of sp³-hybridized carbons (Fsp3) is 0.263. The Bertz CT molecular complexity index is 986. The lowest BCUT2D eigenvalue weighted by Gasteiger charge is -2.14. The lowest BCUT2D eigenvalue weighted by molar-refractivity contribution is -0.114. The summed E-state index contributed by atoms with van der Waals surface area (Å²) in [4.78, 5) is 20.0. The van der Waals surface area contributed by atoms with Crippen LogP contribution in [0, 0.1) is 0 Å². The zero-order valence-corrected chi connectivity index (χ0v) is 16.2. The Morgan fingerprint density at radius 3 is 2.71 bits per heavy atom. The largest absolute Gasteiger partial charge is 0.490 e. The van der Waals surface area contributed by atoms with Crippen LogP contribution in [0.4, 0.5) is 17.3 Å². The Kier molecular flexibility index (Phi) is 5.73. The van der Waals surface area contributed by atoms with E-state index in [1.54, 1.807) is 24.1 Å². The number of rotatable bonds is 7. The van der Waals surface area contributed by atoms with Gasteiger partial charge in [0.2, 0.25) is 11.8 Å². The smallest absolute Gasteiger partial charge is 0.224 e. The van der Waals surface area contributed by atoms with Crippen LogP contribution < -0.4 is 20.1 Å². The maximum Gasteiger partial charge on any atom is 0.224 e. The average Bonchev–Trinajstić information content (AvgIpc) is 3.09. The first-order chi connectivity index (χ1) is 13.5. The maximum atomic E-state index is 11.3. The van der Waals surface area contributed by atoms with Crippen molar-refractivity contribution in [1.82, 2.24) is 19.7 Å². The minimum absolute atomic E-state index is 0.206. The number of ether oxygens (including phenoxy) is 2. The number of anilines is 3. The molecule has 3 aromatic heterocycles. The van der Waals surface area contributed by atoms with Crippen LogP contribution in [-0.2, 0) is 11.8 Å². The van der Waals surface area contributed by atoms with Gasteiger partial charge in [-0.25, -0.2) is 4.98 Å². The summed E-state index contributed by atoms with van der Waals surface area (Å²) in [5.41, 5.74) is 2.18. The van der Waals surface area contributed by atoms with Crippen molar-refractivity contribution < 1.29 is 14.3 Å². The number of hydrogen-bond donors (Lipinski definition) is 2. The van der Waals surface area contributed by atoms with E-state index in [4.69, 9.17) is 9.47 Å². The summed E-state index contributed by atoms with van der Waals surface area (Å²) in [6.45, 7) is 3.79. The van der Waals surface area contributed by atoms with Crippen LogP contribution in [0.15, 0.2) is 36.7 Å². The molecule has 28 heavy (non-hydrogen) atoms. The van der Waals surface area contributed by atoms with Crippen molar-refractivity contribution in [3.8, 4) is 22.9 Å². The van der Waals surface area contributed by atoms with Gasteiger partial charge in [-0.15, -0.1) is 0 Å². The lowest BCUT2D eigenvalue weighted by atomic mass is 10.2. The van der Waals surface area contributed by atoms with Crippen molar-refractivity contribution in [3.05, 3.63) is 36.7 Å². The van der Waals surface area contributed by atoms with Crippen LogP contribution >= 0.6 is 0 Å². The van der Waals surface area contributed by atoms with Gasteiger partial charge in [-0.05, 0) is 25.1 Å². The predicted octanol–water partition coefficient (Wildman–Crippen LogP) is 2.99. The molecule has 0 aliphatic rings. The zero-order valence-electron chi connectivity index (χ0n) is 16.2. The first-order valence-electron chi connectivity index (χ1n) is 8.72. The number of amides is 1. The minimum Gasteiger partial charge on any atom is -0.490 e. The summed E-state index contributed by atoms with van der Waals surface area (Å²) in [5.74, 6) is 1.75. The summed E-state index contributed by atoms with van der Waals surface area (Å²) in [5, 5.41) is 10.2. The molecule has 2 N–H and O–H groups in total. The second-order valence-electron chi connectivity index (χ2n) is 5.93. The molecule has 3 rings (SSSR count). The van der Waals surface area contributed by atoms with E-state index in [0.29, 0.717) is 35.6 Å². The molecule has 0 saturated carbocycles. The number of carbonyl (C=O) groups is 1. The van der Waals surface area contributed by atoms with Crippen molar-refractivity contribution in [2.75, 3.05) is 24.4 Å². The summed E-state index contributed by atoms with van der Waals surface area (Å²) in [7, 11) is 3.41. The molecule has 3 aromatic rings. The Morgan fingerprint density at radius 2 is 2.07 bits per heavy atom. The molecular formula is C19H22N6O3. The third-order valence-corrected chi connectivity index (χ3v) is 3.78. The minimum atomic E-state index is -0.206. The van der Waals surface area contributed by atoms with Gasteiger partial charge in [0.05, 0.1) is 36.9 Å². The number of hydrogen-bond acceptors (Lipinski definition) is 7. The highest BCUT2D eigenvalue weighted by molar-refractivity contribution is 5.88. The van der Waals surface area contributed by atoms with Crippen molar-refractivity contribution in [2.24, 2.45) is 7.05 Å². The van der Waals surface area contributed by atoms with Crippen LogP contribution in [0.2, 0.25) is 0 Å². The third kappa shape index (κ3) is 4.37. The molecule has 0 aliphatic carbocycles. The van der Waals surface area contributed by atoms with Crippen LogP contribution in [-0.4, -0.2) is 39.4 Å². The molecule has 146 valence electrons. The van der Waals surface area contributed by atoms with E-state index < -0.39 is 0 Å². The average molecular weight is 382 g/mol. The van der Waals surface area contributed by atoms with Gasteiger partial charge < -0.3 is 20.1 Å². The van der Waals surface area contributed by atoms with Crippen LogP contribution in [0.1, 0.15) is 13.8 Å². The molecule has 0 unspecified atom stereocenters. The van der Waals surface area contributed by atoms with Gasteiger partial charge in [0.25, 0.3) is 0 Å². The number of nitrogens with zero attached hydrogens (tertiary/aromatic N) is 4. The molecule has 0 aliphatic heterocycles. The first-order valence-corrected chi connectivity index (χ1v) is 8.72. The van der Waals surface area contributed by atoms with Gasteiger partial charge in [0, 0.05) is 26.2 Å². The van der Waals surface area contributed by atoms with E-state index >= 15 is 0 Å². The van der Waals surface area contributed by atoms with E-state index in [9.17, 15) is 4.79 Å². The predicted molar refractivity (Wildman–Crippen MR) is 106 cm³/mol. The Hall–Kier alpha value is -3.62. The number of carbonyl (C=O) groups excluding carboxylic acids is 1. The van der Waals surface area contributed by atoms with E-state index in [1.807, 2.05) is 38.4 Å². The molecule has 1 amide bonds. The van der Waals surface area contributed by atoms with Crippen molar-refractivity contribution >= 4 is 23.2 Å². The molecule has 0 spiro atoms. The summed E-state index contributed by atoms with van der Waals surface area (Å²) in [6, 6.07) is 7.28. The highest BCUT2D eigenvalue weighted by Crippen LogP contribution is 2.32. The molecule has 0 radical (unpaired) electrons. The highest BCUT2D eigenvalue weighted by Gasteiger charge is 2.13. The Labute approximate surface area is 162 Å². The summed E-state index contributed by atoms with van der Waals surface area (Å²) < 4.78 is 12.8. The molecule has 0 fully saturated rings. The monoisotopic (exact) mass is 382 g/mol. The molecule has 0 atom stereocenters. The highest BCUT2D eigenvalue weighted by atomic mass is 16.5. The quantitative estimate of drug-likeness (QED) is 0.647. The first kappa shape index (κ1) is 19.2. The second-order valence-corrected chi connectivity index (χ2v) is 5.93. The van der Waals surface area contributed by atoms with Crippen molar-refractivity contribution in [1.29, 1.82) is 0 Å². The summed E-state index contributed by atoms with van der Waals surface area (Å²) >= 11 is 0. The van der Waals surface area contributed by atoms with Crippen molar-refractivity contribution in [2.45, 2.75) is 13.8 Å². The third-order valence-electron chi connectivity index (χ3n) is 3.78. The van der Waals surface area contributed by atoms with Gasteiger partial charge in [-0.2, -0.15) is 10.1 Å². The standard InChI is InChI=1S/C19H22N6O3/c1-5-28-16-11-20-18(21-12(2)26)10-15(16)22-17-7-6-13(19(23-17)27-4)14-8-9-25(3)24-14/h6-11H,5H2,1-4H3,(H2,20,21,22,23,26). The number of aromatic nitrogens is 4. The van der Waals surface area contributed by atoms with Crippen LogP contribution in [0.3, 0.4) is 0 Å². The van der Waals surface area contributed by atoms with E-state index in [1.165, 1.54) is 6.92 Å². The molecule has 9 nitrogen and oxygen atoms in total. The van der Waals surface area contributed by atoms with Gasteiger partial charge in [-0.3, -0.25) is 9.48 Å². The van der Waals surface area contributed by atoms with Crippen LogP contribution in [0.5, 0.6) is 11.6 Å². The lowest BCUT2D eigenvalue weighted by Crippen LogP contribution is -2.08. The van der Waals surface area contributed by atoms with Gasteiger partial charge in [0.1, 0.15) is 11.6 Å². The normalized spacial score (nSPS) is 10.4. The van der Waals surface area contributed by atoms with Gasteiger partial charge in [-0.1, -0.05) is 0 Å². The zero-order chi connectivity index (χ0) is 20.1. The Balaban J connectivity index is 1.93. The van der Waals surface area contributed by atoms with Crippen LogP contribution in [0.25, 0.3) is 11.3 Å². The number of pyridine rings is 2. The SMILES string of the molecule is CCOc1cnc(NC(C)=O)cc1Nc1ccc(-c2ccn(C)n2)c(OC)n1. The van der Waals surface area contributed by atoms with Gasteiger partial charge in [0.15, 0.2) is 5.75 Å². The topological polar surface area (TPSA) is 103 Å². The number of nitrogens with one attached hydrogen (secondary N) is 2. The molecule has 0 saturated heterocycles. The molecular weight excluding hydrogens is 360 g/mol. The molecule has 9 heteroatoms. The van der Waals surface area contributed by atoms with Gasteiger partial charge >= 0.3 is 0 Å².